The summed E-state index contributed by atoms with van der Waals surface area (Å²) in [5.74, 6) is 0. The summed E-state index contributed by atoms with van der Waals surface area (Å²) in [6, 6.07) is 2.25. The Bertz CT molecular complexity index is 465. The molecule has 0 radical (unpaired) electrons. The van der Waals surface area contributed by atoms with Gasteiger partial charge in [0.05, 0.1) is 6.04 Å². The van der Waals surface area contributed by atoms with Gasteiger partial charge in [-0.2, -0.15) is 0 Å². The molecule has 1 saturated heterocycles. The van der Waals surface area contributed by atoms with Crippen molar-refractivity contribution in [2.75, 3.05) is 19.6 Å². The van der Waals surface area contributed by atoms with E-state index in [0.717, 1.165) is 19.5 Å². The van der Waals surface area contributed by atoms with Crippen LogP contribution < -0.4 is 5.32 Å². The van der Waals surface area contributed by atoms with Crippen LogP contribution in [0.2, 0.25) is 0 Å². The average molecular weight is 296 g/mol. The number of piperazine rings is 1. The zero-order valence-electron chi connectivity index (χ0n) is 12.7. The molecule has 20 heavy (non-hydrogen) atoms. The minimum absolute atomic E-state index is 0.0912. The van der Waals surface area contributed by atoms with Gasteiger partial charge < -0.3 is 10.1 Å². The first kappa shape index (κ1) is 15.3. The number of hydrogen-bond donors (Lipinski definition) is 1. The van der Waals surface area contributed by atoms with E-state index in [4.69, 9.17) is 4.74 Å². The van der Waals surface area contributed by atoms with Gasteiger partial charge in [-0.15, -0.1) is 11.3 Å². The van der Waals surface area contributed by atoms with Gasteiger partial charge >= 0.3 is 6.09 Å². The zero-order chi connectivity index (χ0) is 14.8. The predicted molar refractivity (Wildman–Crippen MR) is 82.2 cm³/mol. The fourth-order valence-corrected chi connectivity index (χ4v) is 3.52. The molecule has 2 rings (SSSR count). The Hall–Kier alpha value is -1.07. The molecule has 1 aromatic rings. The number of carbonyl (C=O) groups is 1. The smallest absolute Gasteiger partial charge is 0.410 e. The van der Waals surface area contributed by atoms with Crippen LogP contribution in [0, 0.1) is 0 Å². The van der Waals surface area contributed by atoms with E-state index >= 15 is 0 Å². The molecule has 1 aliphatic rings. The third-order valence-corrected chi connectivity index (χ3v) is 4.40. The number of nitrogens with zero attached hydrogens (tertiary/aromatic N) is 1. The Morgan fingerprint density at radius 2 is 2.30 bits per heavy atom. The van der Waals surface area contributed by atoms with Crippen molar-refractivity contribution in [1.29, 1.82) is 0 Å². The molecular formula is C15H24N2O2S. The fraction of sp³-hybridized carbons (Fsp3) is 0.667. The van der Waals surface area contributed by atoms with Gasteiger partial charge in [0.15, 0.2) is 0 Å². The van der Waals surface area contributed by atoms with E-state index in [9.17, 15) is 4.79 Å². The second-order valence-corrected chi connectivity index (χ2v) is 7.00. The van der Waals surface area contributed by atoms with Crippen molar-refractivity contribution in [3.8, 4) is 0 Å². The Morgan fingerprint density at radius 1 is 1.55 bits per heavy atom. The predicted octanol–water partition coefficient (Wildman–Crippen LogP) is 3.19. The molecule has 0 spiro atoms. The molecule has 4 nitrogen and oxygen atoms in total. The maximum atomic E-state index is 12.4. The molecule has 1 atom stereocenters. The highest BCUT2D eigenvalue weighted by molar-refractivity contribution is 7.10. The molecule has 1 aromatic heterocycles. The summed E-state index contributed by atoms with van der Waals surface area (Å²) in [7, 11) is 0. The van der Waals surface area contributed by atoms with E-state index in [1.807, 2.05) is 25.7 Å². The quantitative estimate of drug-likeness (QED) is 0.911. The molecular weight excluding hydrogens is 272 g/mol. The number of rotatable bonds is 2. The summed E-state index contributed by atoms with van der Waals surface area (Å²) in [6.45, 7) is 10.2. The first-order chi connectivity index (χ1) is 9.42. The highest BCUT2D eigenvalue weighted by atomic mass is 32.1. The SMILES string of the molecule is CCc1ccsc1C1CNCCN1C(=O)OC(C)(C)C. The van der Waals surface area contributed by atoms with Crippen molar-refractivity contribution in [2.24, 2.45) is 0 Å². The molecule has 1 fully saturated rings. The Labute approximate surface area is 125 Å². The molecule has 1 amide bonds. The van der Waals surface area contributed by atoms with Crippen molar-refractivity contribution in [1.82, 2.24) is 10.2 Å². The van der Waals surface area contributed by atoms with Crippen LogP contribution in [0.3, 0.4) is 0 Å². The first-order valence-corrected chi connectivity index (χ1v) is 8.07. The van der Waals surface area contributed by atoms with Crippen LogP contribution in [-0.2, 0) is 11.2 Å². The number of hydrogen-bond acceptors (Lipinski definition) is 4. The Kier molecular flexibility index (Phi) is 4.70. The largest absolute Gasteiger partial charge is 0.444 e. The lowest BCUT2D eigenvalue weighted by molar-refractivity contribution is 0.0121. The van der Waals surface area contributed by atoms with Crippen LogP contribution in [0.25, 0.3) is 0 Å². The van der Waals surface area contributed by atoms with E-state index in [2.05, 4.69) is 23.7 Å². The molecule has 5 heteroatoms. The van der Waals surface area contributed by atoms with Crippen LogP contribution in [0.15, 0.2) is 11.4 Å². The fourth-order valence-electron chi connectivity index (χ4n) is 2.41. The number of ether oxygens (including phenoxy) is 1. The molecule has 0 aromatic carbocycles. The topological polar surface area (TPSA) is 41.6 Å². The van der Waals surface area contributed by atoms with Gasteiger partial charge in [-0.05, 0) is 44.2 Å². The van der Waals surface area contributed by atoms with Gasteiger partial charge in [0.25, 0.3) is 0 Å². The van der Waals surface area contributed by atoms with Gasteiger partial charge in [0, 0.05) is 24.5 Å². The summed E-state index contributed by atoms with van der Waals surface area (Å²) in [5, 5.41) is 5.49. The second-order valence-electron chi connectivity index (χ2n) is 6.06. The lowest BCUT2D eigenvalue weighted by Crippen LogP contribution is -2.50. The summed E-state index contributed by atoms with van der Waals surface area (Å²) in [6.07, 6.45) is 0.789. The molecule has 2 heterocycles. The summed E-state index contributed by atoms with van der Waals surface area (Å²) in [4.78, 5) is 15.6. The molecule has 1 aliphatic heterocycles. The zero-order valence-corrected chi connectivity index (χ0v) is 13.5. The minimum Gasteiger partial charge on any atom is -0.444 e. The van der Waals surface area contributed by atoms with Crippen molar-refractivity contribution in [2.45, 2.75) is 45.8 Å². The van der Waals surface area contributed by atoms with Crippen molar-refractivity contribution < 1.29 is 9.53 Å². The lowest BCUT2D eigenvalue weighted by Gasteiger charge is -2.37. The third-order valence-electron chi connectivity index (χ3n) is 3.34. The molecule has 1 N–H and O–H groups in total. The van der Waals surface area contributed by atoms with E-state index in [1.54, 1.807) is 11.3 Å². The van der Waals surface area contributed by atoms with Crippen LogP contribution in [0.1, 0.15) is 44.2 Å². The number of aryl methyl sites for hydroxylation is 1. The highest BCUT2D eigenvalue weighted by Gasteiger charge is 2.32. The molecule has 0 aliphatic carbocycles. The van der Waals surface area contributed by atoms with Crippen LogP contribution in [-0.4, -0.2) is 36.2 Å². The second kappa shape index (κ2) is 6.14. The molecule has 1 unspecified atom stereocenters. The lowest BCUT2D eigenvalue weighted by atomic mass is 10.1. The molecule has 0 bridgehead atoms. The van der Waals surface area contributed by atoms with Gasteiger partial charge in [0.1, 0.15) is 5.60 Å². The standard InChI is InChI=1S/C15H24N2O2S/c1-5-11-6-9-20-13(11)12-10-16-7-8-17(12)14(18)19-15(2,3)4/h6,9,12,16H,5,7-8,10H2,1-4H3. The summed E-state index contributed by atoms with van der Waals surface area (Å²) >= 11 is 1.73. The van der Waals surface area contributed by atoms with Crippen molar-refractivity contribution >= 4 is 17.4 Å². The third kappa shape index (κ3) is 3.52. The first-order valence-electron chi connectivity index (χ1n) is 7.19. The molecule has 0 saturated carbocycles. The van der Waals surface area contributed by atoms with E-state index < -0.39 is 5.60 Å². The minimum atomic E-state index is -0.449. The number of carbonyl (C=O) groups excluding carboxylic acids is 1. The van der Waals surface area contributed by atoms with E-state index in [0.29, 0.717) is 6.54 Å². The van der Waals surface area contributed by atoms with Crippen LogP contribution in [0.4, 0.5) is 4.79 Å². The van der Waals surface area contributed by atoms with Crippen LogP contribution >= 0.6 is 11.3 Å². The maximum Gasteiger partial charge on any atom is 0.410 e. The van der Waals surface area contributed by atoms with Crippen LogP contribution in [0.5, 0.6) is 0 Å². The number of amides is 1. The van der Waals surface area contributed by atoms with Gasteiger partial charge in [-0.25, -0.2) is 4.79 Å². The van der Waals surface area contributed by atoms with E-state index in [-0.39, 0.29) is 12.1 Å². The molecule has 112 valence electrons. The van der Waals surface area contributed by atoms with Crippen molar-refractivity contribution in [3.63, 3.8) is 0 Å². The van der Waals surface area contributed by atoms with Crippen molar-refractivity contribution in [3.05, 3.63) is 21.9 Å². The normalized spacial score (nSPS) is 20.0. The van der Waals surface area contributed by atoms with Gasteiger partial charge in [-0.3, -0.25) is 4.90 Å². The monoisotopic (exact) mass is 296 g/mol. The van der Waals surface area contributed by atoms with E-state index in [1.165, 1.54) is 10.4 Å². The maximum absolute atomic E-state index is 12.4. The van der Waals surface area contributed by atoms with Gasteiger partial charge in [-0.1, -0.05) is 6.92 Å². The average Bonchev–Trinajstić information content (AvgIpc) is 2.84. The Balaban J connectivity index is 2.19. The Morgan fingerprint density at radius 3 is 2.95 bits per heavy atom. The number of nitrogens with one attached hydrogen (secondary N) is 1. The van der Waals surface area contributed by atoms with Gasteiger partial charge in [0.2, 0.25) is 0 Å². The number of thiophene rings is 1. The summed E-state index contributed by atoms with van der Waals surface area (Å²) in [5.41, 5.74) is 0.882. The highest BCUT2D eigenvalue weighted by Crippen LogP contribution is 2.31. The summed E-state index contributed by atoms with van der Waals surface area (Å²) < 4.78 is 5.54.